The van der Waals surface area contributed by atoms with Crippen molar-refractivity contribution in [3.05, 3.63) is 40.4 Å². The molecular weight excluding hydrogens is 278 g/mol. The Kier molecular flexibility index (Phi) is 6.40. The summed E-state index contributed by atoms with van der Waals surface area (Å²) in [5.74, 6) is 0.0253. The van der Waals surface area contributed by atoms with Crippen LogP contribution in [0.3, 0.4) is 0 Å². The monoisotopic (exact) mass is 303 g/mol. The predicted octanol–water partition coefficient (Wildman–Crippen LogP) is 2.85. The molecule has 0 fully saturated rings. The van der Waals surface area contributed by atoms with Gasteiger partial charge in [0.1, 0.15) is 0 Å². The average molecular weight is 303 g/mol. The molecule has 0 spiro atoms. The van der Waals surface area contributed by atoms with Gasteiger partial charge in [-0.2, -0.15) is 0 Å². The highest BCUT2D eigenvalue weighted by atomic mass is 16.3. The van der Waals surface area contributed by atoms with Crippen molar-refractivity contribution in [3.8, 4) is 5.75 Å². The Bertz CT molecular complexity index is 652. The zero-order chi connectivity index (χ0) is 15.8. The third-order valence-corrected chi connectivity index (χ3v) is 3.74. The van der Waals surface area contributed by atoms with Gasteiger partial charge in [0.15, 0.2) is 11.4 Å². The maximum absolute atomic E-state index is 12.0. The number of nitrogens with one attached hydrogen (secondary N) is 1. The van der Waals surface area contributed by atoms with Crippen LogP contribution in [-0.2, 0) is 6.54 Å². The predicted molar refractivity (Wildman–Crippen MR) is 88.2 cm³/mol. The molecule has 2 aromatic rings. The van der Waals surface area contributed by atoms with Crippen molar-refractivity contribution in [2.24, 2.45) is 0 Å². The smallest absolute Gasteiger partial charge is 0.258 e. The first-order valence-electron chi connectivity index (χ1n) is 8.13. The molecule has 0 saturated heterocycles. The second kappa shape index (κ2) is 8.54. The summed E-state index contributed by atoms with van der Waals surface area (Å²) >= 11 is 0. The SMILES string of the molecule is CCCCCCCCNCc1cc(=O)n2cccc(O)c2n1. The molecule has 0 bridgehead atoms. The van der Waals surface area contributed by atoms with Crippen LogP contribution >= 0.6 is 0 Å². The lowest BCUT2D eigenvalue weighted by Gasteiger charge is -2.07. The summed E-state index contributed by atoms with van der Waals surface area (Å²) in [6, 6.07) is 4.68. The standard InChI is InChI=1S/C17H25N3O2/c1-2-3-4-5-6-7-10-18-13-14-12-16(22)20-11-8-9-15(21)17(20)19-14/h8-9,11-12,18,21H,2-7,10,13H2,1H3. The lowest BCUT2D eigenvalue weighted by Crippen LogP contribution is -2.20. The number of unbranched alkanes of at least 4 members (excludes halogenated alkanes) is 5. The van der Waals surface area contributed by atoms with Crippen LogP contribution in [0.1, 0.15) is 51.1 Å². The van der Waals surface area contributed by atoms with Crippen LogP contribution in [0.15, 0.2) is 29.2 Å². The highest BCUT2D eigenvalue weighted by Crippen LogP contribution is 2.13. The van der Waals surface area contributed by atoms with E-state index in [9.17, 15) is 9.90 Å². The normalized spacial score (nSPS) is 11.1. The summed E-state index contributed by atoms with van der Waals surface area (Å²) < 4.78 is 1.35. The van der Waals surface area contributed by atoms with Crippen LogP contribution in [0, 0.1) is 0 Å². The Balaban J connectivity index is 1.82. The molecule has 0 unspecified atom stereocenters. The molecule has 5 heteroatoms. The Morgan fingerprint density at radius 3 is 2.82 bits per heavy atom. The number of pyridine rings is 1. The third-order valence-electron chi connectivity index (χ3n) is 3.74. The molecule has 0 atom stereocenters. The van der Waals surface area contributed by atoms with Crippen molar-refractivity contribution in [3.63, 3.8) is 0 Å². The number of nitrogens with zero attached hydrogens (tertiary/aromatic N) is 2. The van der Waals surface area contributed by atoms with Crippen molar-refractivity contribution >= 4 is 5.65 Å². The summed E-state index contributed by atoms with van der Waals surface area (Å²) in [6.07, 6.45) is 9.19. The molecule has 2 N–H and O–H groups in total. The molecule has 2 rings (SSSR count). The van der Waals surface area contributed by atoms with Gasteiger partial charge in [-0.05, 0) is 25.1 Å². The van der Waals surface area contributed by atoms with E-state index in [2.05, 4.69) is 17.2 Å². The maximum Gasteiger partial charge on any atom is 0.258 e. The van der Waals surface area contributed by atoms with E-state index in [0.717, 1.165) is 13.0 Å². The Hall–Kier alpha value is -1.88. The quantitative estimate of drug-likeness (QED) is 0.699. The summed E-state index contributed by atoms with van der Waals surface area (Å²) in [7, 11) is 0. The lowest BCUT2D eigenvalue weighted by molar-refractivity contribution is 0.476. The Morgan fingerprint density at radius 1 is 1.23 bits per heavy atom. The first-order valence-corrected chi connectivity index (χ1v) is 8.13. The zero-order valence-corrected chi connectivity index (χ0v) is 13.2. The van der Waals surface area contributed by atoms with E-state index in [1.165, 1.54) is 48.6 Å². The topological polar surface area (TPSA) is 66.6 Å². The second-order valence-corrected chi connectivity index (χ2v) is 5.62. The lowest BCUT2D eigenvalue weighted by atomic mass is 10.1. The third kappa shape index (κ3) is 4.56. The number of hydrogen-bond acceptors (Lipinski definition) is 4. The van der Waals surface area contributed by atoms with E-state index in [0.29, 0.717) is 17.9 Å². The average Bonchev–Trinajstić information content (AvgIpc) is 2.51. The van der Waals surface area contributed by atoms with Crippen LogP contribution in [0.4, 0.5) is 0 Å². The minimum absolute atomic E-state index is 0.0253. The number of hydrogen-bond donors (Lipinski definition) is 2. The summed E-state index contributed by atoms with van der Waals surface area (Å²) in [5.41, 5.74) is 0.807. The van der Waals surface area contributed by atoms with E-state index < -0.39 is 0 Å². The van der Waals surface area contributed by atoms with Gasteiger partial charge < -0.3 is 10.4 Å². The number of rotatable bonds is 9. The summed E-state index contributed by atoms with van der Waals surface area (Å²) in [4.78, 5) is 16.3. The molecule has 120 valence electrons. The second-order valence-electron chi connectivity index (χ2n) is 5.62. The van der Waals surface area contributed by atoms with Gasteiger partial charge >= 0.3 is 0 Å². The molecule has 0 aliphatic heterocycles. The number of fused-ring (bicyclic) bond motifs is 1. The van der Waals surface area contributed by atoms with Crippen LogP contribution in [0.25, 0.3) is 5.65 Å². The van der Waals surface area contributed by atoms with E-state index in [1.54, 1.807) is 12.3 Å². The number of aromatic hydroxyl groups is 1. The molecule has 2 heterocycles. The molecule has 0 aliphatic rings. The molecule has 0 amide bonds. The molecule has 0 saturated carbocycles. The van der Waals surface area contributed by atoms with Gasteiger partial charge in [-0.25, -0.2) is 4.98 Å². The molecular formula is C17H25N3O2. The van der Waals surface area contributed by atoms with Crippen LogP contribution in [0.2, 0.25) is 0 Å². The summed E-state index contributed by atoms with van der Waals surface area (Å²) in [6.45, 7) is 3.70. The van der Waals surface area contributed by atoms with E-state index in [1.807, 2.05) is 0 Å². The first kappa shape index (κ1) is 16.5. The van der Waals surface area contributed by atoms with E-state index in [-0.39, 0.29) is 11.3 Å². The van der Waals surface area contributed by atoms with Gasteiger partial charge in [-0.3, -0.25) is 9.20 Å². The highest BCUT2D eigenvalue weighted by Gasteiger charge is 2.05. The number of aromatic nitrogens is 2. The van der Waals surface area contributed by atoms with Crippen LogP contribution in [0.5, 0.6) is 5.75 Å². The Labute approximate surface area is 131 Å². The highest BCUT2D eigenvalue weighted by molar-refractivity contribution is 5.52. The van der Waals surface area contributed by atoms with Crippen molar-refractivity contribution in [1.82, 2.24) is 14.7 Å². The van der Waals surface area contributed by atoms with Crippen molar-refractivity contribution in [2.45, 2.75) is 52.0 Å². The fraction of sp³-hybridized carbons (Fsp3) is 0.529. The van der Waals surface area contributed by atoms with Crippen molar-refractivity contribution < 1.29 is 5.11 Å². The molecule has 0 aliphatic carbocycles. The van der Waals surface area contributed by atoms with Gasteiger partial charge in [0.25, 0.3) is 5.56 Å². The molecule has 0 radical (unpaired) electrons. The van der Waals surface area contributed by atoms with E-state index >= 15 is 0 Å². The molecule has 22 heavy (non-hydrogen) atoms. The van der Waals surface area contributed by atoms with Gasteiger partial charge in [0.2, 0.25) is 0 Å². The molecule has 5 nitrogen and oxygen atoms in total. The fourth-order valence-electron chi connectivity index (χ4n) is 2.50. The first-order chi connectivity index (χ1) is 10.7. The van der Waals surface area contributed by atoms with Gasteiger partial charge in [-0.1, -0.05) is 39.0 Å². The van der Waals surface area contributed by atoms with Gasteiger partial charge in [0, 0.05) is 18.8 Å². The minimum Gasteiger partial charge on any atom is -0.504 e. The zero-order valence-electron chi connectivity index (χ0n) is 13.2. The van der Waals surface area contributed by atoms with Crippen molar-refractivity contribution in [2.75, 3.05) is 6.54 Å². The van der Waals surface area contributed by atoms with Crippen molar-refractivity contribution in [1.29, 1.82) is 0 Å². The molecule has 0 aromatic carbocycles. The van der Waals surface area contributed by atoms with Crippen LogP contribution < -0.4 is 10.9 Å². The maximum atomic E-state index is 12.0. The van der Waals surface area contributed by atoms with E-state index in [4.69, 9.17) is 0 Å². The Morgan fingerprint density at radius 2 is 2.00 bits per heavy atom. The fourth-order valence-corrected chi connectivity index (χ4v) is 2.50. The van der Waals surface area contributed by atoms with Gasteiger partial charge in [-0.15, -0.1) is 0 Å². The van der Waals surface area contributed by atoms with Gasteiger partial charge in [0.05, 0.1) is 5.69 Å². The molecule has 2 aromatic heterocycles. The minimum atomic E-state index is -0.169. The largest absolute Gasteiger partial charge is 0.504 e. The summed E-state index contributed by atoms with van der Waals surface area (Å²) in [5, 5.41) is 13.1. The van der Waals surface area contributed by atoms with Crippen LogP contribution in [-0.4, -0.2) is 21.0 Å².